The second kappa shape index (κ2) is 8.17. The van der Waals surface area contributed by atoms with Gasteiger partial charge in [-0.1, -0.05) is 38.0 Å². The molecule has 3 rings (SSSR count). The minimum Gasteiger partial charge on any atom is -0.451 e. The quantitative estimate of drug-likeness (QED) is 0.829. The van der Waals surface area contributed by atoms with Crippen LogP contribution in [0.1, 0.15) is 48.9 Å². The van der Waals surface area contributed by atoms with E-state index in [0.29, 0.717) is 17.6 Å². The average Bonchev–Trinajstić information content (AvgIpc) is 3.04. The summed E-state index contributed by atoms with van der Waals surface area (Å²) in [7, 11) is 0. The van der Waals surface area contributed by atoms with Crippen molar-refractivity contribution in [3.8, 4) is 11.5 Å². The molecule has 0 spiro atoms. The van der Waals surface area contributed by atoms with Gasteiger partial charge < -0.3 is 14.5 Å². The van der Waals surface area contributed by atoms with Gasteiger partial charge in [0.05, 0.1) is 0 Å². The number of nitrogens with zero attached hydrogens (tertiary/aromatic N) is 1. The number of hydrogen-bond acceptors (Lipinski definition) is 5. The minimum atomic E-state index is -0.653. The van der Waals surface area contributed by atoms with Crippen LogP contribution in [0.4, 0.5) is 0 Å². The third-order valence-corrected chi connectivity index (χ3v) is 4.80. The Morgan fingerprint density at radius 3 is 2.69 bits per heavy atom. The molecule has 0 aliphatic heterocycles. The lowest BCUT2D eigenvalue weighted by atomic mass is 9.86. The van der Waals surface area contributed by atoms with Gasteiger partial charge in [0.25, 0.3) is 5.91 Å². The van der Waals surface area contributed by atoms with Gasteiger partial charge >= 0.3 is 5.97 Å². The molecule has 1 N–H and O–H groups in total. The molecule has 26 heavy (non-hydrogen) atoms. The lowest BCUT2D eigenvalue weighted by Crippen LogP contribution is -2.42. The highest BCUT2D eigenvalue weighted by molar-refractivity contribution is 5.91. The Kier molecular flexibility index (Phi) is 5.71. The molecule has 1 aliphatic carbocycles. The molecule has 1 fully saturated rings. The van der Waals surface area contributed by atoms with Gasteiger partial charge in [0, 0.05) is 11.6 Å². The van der Waals surface area contributed by atoms with Crippen LogP contribution < -0.4 is 5.32 Å². The molecule has 1 saturated carbocycles. The maximum absolute atomic E-state index is 12.2. The van der Waals surface area contributed by atoms with Crippen LogP contribution in [0.15, 0.2) is 34.7 Å². The molecule has 0 saturated heterocycles. The fraction of sp³-hybridized carbons (Fsp3) is 0.450. The van der Waals surface area contributed by atoms with Gasteiger partial charge in [-0.25, -0.2) is 9.78 Å². The van der Waals surface area contributed by atoms with E-state index in [-0.39, 0.29) is 24.2 Å². The van der Waals surface area contributed by atoms with Crippen molar-refractivity contribution in [2.45, 2.75) is 45.6 Å². The van der Waals surface area contributed by atoms with Crippen molar-refractivity contribution in [3.05, 3.63) is 41.8 Å². The Balaban J connectivity index is 1.56. The second-order valence-electron chi connectivity index (χ2n) is 6.80. The first kappa shape index (κ1) is 18.2. The van der Waals surface area contributed by atoms with Gasteiger partial charge in [0.2, 0.25) is 5.89 Å². The Morgan fingerprint density at radius 1 is 1.23 bits per heavy atom. The van der Waals surface area contributed by atoms with Crippen LogP contribution in [0.25, 0.3) is 11.5 Å². The summed E-state index contributed by atoms with van der Waals surface area (Å²) in [6, 6.07) is 9.47. The first-order valence-electron chi connectivity index (χ1n) is 9.04. The summed E-state index contributed by atoms with van der Waals surface area (Å²) in [6.07, 6.45) is 4.42. The number of carbonyl (C=O) groups is 2. The fourth-order valence-corrected chi connectivity index (χ4v) is 3.27. The summed E-state index contributed by atoms with van der Waals surface area (Å²) in [5.74, 6) is 0.252. The summed E-state index contributed by atoms with van der Waals surface area (Å²) in [4.78, 5) is 28.5. The highest BCUT2D eigenvalue weighted by Crippen LogP contribution is 2.24. The van der Waals surface area contributed by atoms with E-state index in [0.717, 1.165) is 24.8 Å². The summed E-state index contributed by atoms with van der Waals surface area (Å²) in [5, 5.41) is 2.96. The fourth-order valence-electron chi connectivity index (χ4n) is 3.27. The van der Waals surface area contributed by atoms with Gasteiger partial charge in [0.1, 0.15) is 5.76 Å². The van der Waals surface area contributed by atoms with Crippen LogP contribution in [0.5, 0.6) is 0 Å². The first-order valence-corrected chi connectivity index (χ1v) is 9.04. The largest absolute Gasteiger partial charge is 0.451 e. The number of ether oxygens (including phenoxy) is 1. The summed E-state index contributed by atoms with van der Waals surface area (Å²) < 4.78 is 10.7. The zero-order valence-corrected chi connectivity index (χ0v) is 15.2. The molecule has 6 heteroatoms. The van der Waals surface area contributed by atoms with Crippen LogP contribution in [0, 0.1) is 12.8 Å². The number of nitrogens with one attached hydrogen (secondary N) is 1. The number of oxazole rings is 1. The van der Waals surface area contributed by atoms with Crippen molar-refractivity contribution in [3.63, 3.8) is 0 Å². The predicted octanol–water partition coefficient (Wildman–Crippen LogP) is 3.50. The second-order valence-corrected chi connectivity index (χ2v) is 6.80. The first-order chi connectivity index (χ1) is 12.5. The van der Waals surface area contributed by atoms with E-state index in [4.69, 9.17) is 9.15 Å². The molecule has 1 aliphatic rings. The molecule has 138 valence electrons. The molecule has 1 aromatic carbocycles. The summed E-state index contributed by atoms with van der Waals surface area (Å²) in [5.41, 5.74) is 0.876. The van der Waals surface area contributed by atoms with Crippen LogP contribution in [0.2, 0.25) is 0 Å². The molecule has 1 aromatic heterocycles. The van der Waals surface area contributed by atoms with Crippen LogP contribution in [0.3, 0.4) is 0 Å². The normalized spacial score (nSPS) is 19.8. The highest BCUT2D eigenvalue weighted by atomic mass is 16.5. The van der Waals surface area contributed by atoms with Crippen LogP contribution >= 0.6 is 0 Å². The van der Waals surface area contributed by atoms with Crippen molar-refractivity contribution in [2.75, 3.05) is 6.61 Å². The van der Waals surface area contributed by atoms with Gasteiger partial charge in [-0.05, 0) is 37.8 Å². The van der Waals surface area contributed by atoms with E-state index >= 15 is 0 Å². The standard InChI is InChI=1S/C20H24N2O4/c1-13-8-6-7-11-16(13)21-17(23)12-25-20(24)18-14(2)26-19(22-18)15-9-4-3-5-10-15/h3-5,9-10,13,16H,6-8,11-12H2,1-2H3,(H,21,23)/t13-,16+/m1/s1. The maximum Gasteiger partial charge on any atom is 0.361 e. The number of hydrogen-bond donors (Lipinski definition) is 1. The molecule has 2 atom stereocenters. The third-order valence-electron chi connectivity index (χ3n) is 4.80. The molecule has 1 heterocycles. The van der Waals surface area contributed by atoms with Gasteiger partial charge in [-0.3, -0.25) is 4.79 Å². The maximum atomic E-state index is 12.2. The number of aryl methyl sites for hydroxylation is 1. The Hall–Kier alpha value is -2.63. The summed E-state index contributed by atoms with van der Waals surface area (Å²) >= 11 is 0. The molecule has 1 amide bonds. The number of carbonyl (C=O) groups excluding carboxylic acids is 2. The SMILES string of the molecule is Cc1oc(-c2ccccc2)nc1C(=O)OCC(=O)N[C@H]1CCCC[C@H]1C. The summed E-state index contributed by atoms with van der Waals surface area (Å²) in [6.45, 7) is 3.48. The van der Waals surface area contributed by atoms with Crippen molar-refractivity contribution >= 4 is 11.9 Å². The number of esters is 1. The van der Waals surface area contributed by atoms with Crippen LogP contribution in [-0.4, -0.2) is 29.5 Å². The van der Waals surface area contributed by atoms with Gasteiger partial charge in [-0.2, -0.15) is 0 Å². The third kappa shape index (κ3) is 4.31. The van der Waals surface area contributed by atoms with Crippen molar-refractivity contribution in [1.29, 1.82) is 0 Å². The molecule has 0 unspecified atom stereocenters. The molecule has 2 aromatic rings. The highest BCUT2D eigenvalue weighted by Gasteiger charge is 2.24. The van der Waals surface area contributed by atoms with Crippen LogP contribution in [-0.2, 0) is 9.53 Å². The monoisotopic (exact) mass is 356 g/mol. The Labute approximate surface area is 152 Å². The molecular weight excluding hydrogens is 332 g/mol. The number of aromatic nitrogens is 1. The van der Waals surface area contributed by atoms with E-state index in [1.54, 1.807) is 6.92 Å². The smallest absolute Gasteiger partial charge is 0.361 e. The van der Waals surface area contributed by atoms with E-state index in [1.807, 2.05) is 30.3 Å². The van der Waals surface area contributed by atoms with Gasteiger partial charge in [-0.15, -0.1) is 0 Å². The molecule has 0 bridgehead atoms. The Bertz CT molecular complexity index is 769. The van der Waals surface area contributed by atoms with Crippen molar-refractivity contribution in [2.24, 2.45) is 5.92 Å². The predicted molar refractivity (Wildman–Crippen MR) is 96.5 cm³/mol. The van der Waals surface area contributed by atoms with E-state index < -0.39 is 5.97 Å². The zero-order chi connectivity index (χ0) is 18.5. The average molecular weight is 356 g/mol. The molecular formula is C20H24N2O4. The lowest BCUT2D eigenvalue weighted by molar-refractivity contribution is -0.125. The molecule has 0 radical (unpaired) electrons. The van der Waals surface area contributed by atoms with Crippen molar-refractivity contribution < 1.29 is 18.7 Å². The Morgan fingerprint density at radius 2 is 1.96 bits per heavy atom. The lowest BCUT2D eigenvalue weighted by Gasteiger charge is -2.29. The zero-order valence-electron chi connectivity index (χ0n) is 15.2. The van der Waals surface area contributed by atoms with E-state index in [1.165, 1.54) is 6.42 Å². The number of rotatable bonds is 5. The van der Waals surface area contributed by atoms with E-state index in [2.05, 4.69) is 17.2 Å². The topological polar surface area (TPSA) is 81.4 Å². The van der Waals surface area contributed by atoms with Gasteiger partial charge in [0.15, 0.2) is 12.3 Å². The molecule has 6 nitrogen and oxygen atoms in total. The number of benzene rings is 1. The van der Waals surface area contributed by atoms with Crippen molar-refractivity contribution in [1.82, 2.24) is 10.3 Å². The number of amides is 1. The minimum absolute atomic E-state index is 0.0997. The van der Waals surface area contributed by atoms with E-state index in [9.17, 15) is 9.59 Å².